The Morgan fingerprint density at radius 2 is 1.79 bits per heavy atom. The lowest BCUT2D eigenvalue weighted by atomic mass is 10.3. The van der Waals surface area contributed by atoms with Crippen LogP contribution in [0.25, 0.3) is 10.2 Å². The number of sulfone groups is 1. The number of anilines is 1. The van der Waals surface area contributed by atoms with Gasteiger partial charge in [-0.15, -0.1) is 0 Å². The number of likely N-dealkylation sites (N-methyl/N-ethyl adjacent to an activating group) is 1. The number of aromatic nitrogens is 1. The lowest BCUT2D eigenvalue weighted by Crippen LogP contribution is -2.38. The third-order valence-electron chi connectivity index (χ3n) is 5.63. The third kappa shape index (κ3) is 6.78. The van der Waals surface area contributed by atoms with Gasteiger partial charge in [0, 0.05) is 24.0 Å². The van der Waals surface area contributed by atoms with Crippen LogP contribution in [0.4, 0.5) is 5.13 Å². The van der Waals surface area contributed by atoms with E-state index >= 15 is 0 Å². The second-order valence-corrected chi connectivity index (χ2v) is 11.8. The summed E-state index contributed by atoms with van der Waals surface area (Å²) in [6, 6.07) is 12.2. The lowest BCUT2D eigenvalue weighted by Gasteiger charge is -2.24. The maximum Gasteiger partial charge on any atom is 0.228 e. The molecule has 0 unspecified atom stereocenters. The molecule has 0 spiro atoms. The molecular weight excluding hydrogens is 538 g/mol. The molecule has 0 fully saturated rings. The van der Waals surface area contributed by atoms with Crippen LogP contribution in [-0.4, -0.2) is 63.3 Å². The number of benzene rings is 2. The van der Waals surface area contributed by atoms with Crippen LogP contribution in [0.3, 0.4) is 0 Å². The third-order valence-corrected chi connectivity index (χ3v) is 8.98. The normalized spacial score (nSPS) is 11.8. The van der Waals surface area contributed by atoms with Crippen molar-refractivity contribution >= 4 is 58.4 Å². The van der Waals surface area contributed by atoms with Gasteiger partial charge in [0.1, 0.15) is 5.75 Å². The van der Waals surface area contributed by atoms with Crippen molar-refractivity contribution in [2.45, 2.75) is 31.6 Å². The number of thiazole rings is 1. The number of halogens is 1. The number of carbonyl (C=O) groups is 1. The van der Waals surface area contributed by atoms with Crippen molar-refractivity contribution in [3.05, 3.63) is 46.9 Å². The van der Waals surface area contributed by atoms with E-state index in [9.17, 15) is 13.2 Å². The molecule has 3 rings (SSSR count). The van der Waals surface area contributed by atoms with Crippen molar-refractivity contribution in [1.29, 1.82) is 0 Å². The van der Waals surface area contributed by atoms with Gasteiger partial charge in [-0.05, 0) is 62.0 Å². The predicted molar refractivity (Wildman–Crippen MR) is 142 cm³/mol. The van der Waals surface area contributed by atoms with Crippen LogP contribution in [0.15, 0.2) is 51.8 Å². The molecule has 1 aromatic heterocycles. The quantitative estimate of drug-likeness (QED) is 0.306. The van der Waals surface area contributed by atoms with Gasteiger partial charge in [-0.25, -0.2) is 13.4 Å². The van der Waals surface area contributed by atoms with E-state index in [4.69, 9.17) is 4.74 Å². The van der Waals surface area contributed by atoms with E-state index in [2.05, 4.69) is 39.7 Å². The zero-order chi connectivity index (χ0) is 24.7. The monoisotopic (exact) mass is 567 g/mol. The first-order valence-corrected chi connectivity index (χ1v) is 14.5. The van der Waals surface area contributed by atoms with Crippen molar-refractivity contribution < 1.29 is 17.9 Å². The fourth-order valence-corrected chi connectivity index (χ4v) is 6.43. The van der Waals surface area contributed by atoms with Gasteiger partial charge in [-0.1, -0.05) is 41.1 Å². The molecule has 1 heterocycles. The number of hydrogen-bond donors (Lipinski definition) is 0. The molecule has 3 aromatic rings. The number of ether oxygens (including phenoxy) is 1. The first-order chi connectivity index (χ1) is 16.3. The number of hydrogen-bond acceptors (Lipinski definition) is 7. The minimum atomic E-state index is -3.48. The van der Waals surface area contributed by atoms with Crippen LogP contribution in [0.5, 0.6) is 5.75 Å². The van der Waals surface area contributed by atoms with Gasteiger partial charge in [0.15, 0.2) is 15.0 Å². The molecule has 0 atom stereocenters. The molecule has 0 aliphatic carbocycles. The standard InChI is InChI=1S/C24H30BrN3O4S2/c1-4-27(5-2)14-15-28(24-26-21-13-8-18(25)17-22(21)33-24)23(29)7-6-16-34(30,31)20-11-9-19(32-3)10-12-20/h8-13,17H,4-7,14-16H2,1-3H3. The number of amides is 1. The maximum atomic E-state index is 13.2. The molecule has 2 aromatic carbocycles. The smallest absolute Gasteiger partial charge is 0.228 e. The number of methoxy groups -OCH3 is 1. The summed E-state index contributed by atoms with van der Waals surface area (Å²) in [7, 11) is -1.95. The molecule has 0 aliphatic heterocycles. The molecule has 34 heavy (non-hydrogen) atoms. The van der Waals surface area contributed by atoms with Crippen LogP contribution in [0.1, 0.15) is 26.7 Å². The maximum absolute atomic E-state index is 13.2. The molecule has 0 bridgehead atoms. The number of carbonyl (C=O) groups excluding carboxylic acids is 1. The highest BCUT2D eigenvalue weighted by Gasteiger charge is 2.22. The summed E-state index contributed by atoms with van der Waals surface area (Å²) in [5.41, 5.74) is 0.839. The van der Waals surface area contributed by atoms with Crippen LogP contribution in [0, 0.1) is 0 Å². The van der Waals surface area contributed by atoms with Crippen molar-refractivity contribution in [2.24, 2.45) is 0 Å². The van der Waals surface area contributed by atoms with E-state index in [1.807, 2.05) is 18.2 Å². The highest BCUT2D eigenvalue weighted by Crippen LogP contribution is 2.31. The average Bonchev–Trinajstić information content (AvgIpc) is 3.24. The molecular formula is C24H30BrN3O4S2. The van der Waals surface area contributed by atoms with Crippen LogP contribution >= 0.6 is 27.3 Å². The highest BCUT2D eigenvalue weighted by molar-refractivity contribution is 9.10. The van der Waals surface area contributed by atoms with Gasteiger partial charge in [0.05, 0.1) is 28.0 Å². The average molecular weight is 569 g/mol. The van der Waals surface area contributed by atoms with E-state index in [0.29, 0.717) is 17.4 Å². The van der Waals surface area contributed by atoms with Gasteiger partial charge >= 0.3 is 0 Å². The second-order valence-electron chi connectivity index (χ2n) is 7.78. The van der Waals surface area contributed by atoms with E-state index in [-0.39, 0.29) is 29.4 Å². The number of nitrogens with zero attached hydrogens (tertiary/aromatic N) is 3. The SMILES string of the molecule is CCN(CC)CCN(C(=O)CCCS(=O)(=O)c1ccc(OC)cc1)c1nc2ccc(Br)cc2s1. The summed E-state index contributed by atoms with van der Waals surface area (Å²) in [4.78, 5) is 22.1. The van der Waals surface area contributed by atoms with Crippen LogP contribution in [-0.2, 0) is 14.6 Å². The topological polar surface area (TPSA) is 79.8 Å². The Kier molecular flexibility index (Phi) is 9.47. The minimum Gasteiger partial charge on any atom is -0.497 e. The van der Waals surface area contributed by atoms with Crippen molar-refractivity contribution in [2.75, 3.05) is 43.9 Å². The molecule has 1 amide bonds. The second kappa shape index (κ2) is 12.1. The van der Waals surface area contributed by atoms with Gasteiger partial charge < -0.3 is 9.64 Å². The molecule has 0 N–H and O–H groups in total. The van der Waals surface area contributed by atoms with Gasteiger partial charge in [-0.2, -0.15) is 0 Å². The summed E-state index contributed by atoms with van der Waals surface area (Å²) in [6.07, 6.45) is 0.374. The van der Waals surface area contributed by atoms with Crippen molar-refractivity contribution in [1.82, 2.24) is 9.88 Å². The fraction of sp³-hybridized carbons (Fsp3) is 0.417. The van der Waals surface area contributed by atoms with E-state index in [1.54, 1.807) is 17.0 Å². The Balaban J connectivity index is 1.72. The molecule has 0 aliphatic rings. The summed E-state index contributed by atoms with van der Waals surface area (Å²) >= 11 is 4.95. The van der Waals surface area contributed by atoms with Crippen molar-refractivity contribution in [3.63, 3.8) is 0 Å². The highest BCUT2D eigenvalue weighted by atomic mass is 79.9. The Bertz CT molecular complexity index is 1210. The van der Waals surface area contributed by atoms with Crippen LogP contribution in [0.2, 0.25) is 0 Å². The Morgan fingerprint density at radius 3 is 2.44 bits per heavy atom. The number of rotatable bonds is 12. The predicted octanol–water partition coefficient (Wildman–Crippen LogP) is 5.00. The minimum absolute atomic E-state index is 0.0955. The van der Waals surface area contributed by atoms with E-state index < -0.39 is 9.84 Å². The number of fused-ring (bicyclic) bond motifs is 1. The first kappa shape index (κ1) is 26.6. The molecule has 10 heteroatoms. The van der Waals surface area contributed by atoms with Crippen molar-refractivity contribution in [3.8, 4) is 5.75 Å². The molecule has 0 radical (unpaired) electrons. The van der Waals surface area contributed by atoms with E-state index in [0.717, 1.165) is 34.3 Å². The van der Waals surface area contributed by atoms with Gasteiger partial charge in [0.2, 0.25) is 5.91 Å². The summed E-state index contributed by atoms with van der Waals surface area (Å²) < 4.78 is 32.5. The lowest BCUT2D eigenvalue weighted by molar-refractivity contribution is -0.118. The largest absolute Gasteiger partial charge is 0.497 e. The Morgan fingerprint density at radius 1 is 1.09 bits per heavy atom. The molecule has 7 nitrogen and oxygen atoms in total. The van der Waals surface area contributed by atoms with E-state index in [1.165, 1.54) is 30.6 Å². The summed E-state index contributed by atoms with van der Waals surface area (Å²) in [5, 5.41) is 0.642. The first-order valence-electron chi connectivity index (χ1n) is 11.2. The fourth-order valence-electron chi connectivity index (χ4n) is 3.56. The molecule has 0 saturated heterocycles. The zero-order valence-electron chi connectivity index (χ0n) is 19.7. The Hall–Kier alpha value is -2.01. The van der Waals surface area contributed by atoms with Crippen LogP contribution < -0.4 is 9.64 Å². The summed E-state index contributed by atoms with van der Waals surface area (Å²) in [6.45, 7) is 7.20. The molecule has 184 valence electrons. The van der Waals surface area contributed by atoms with Gasteiger partial charge in [0.25, 0.3) is 0 Å². The van der Waals surface area contributed by atoms with Gasteiger partial charge in [-0.3, -0.25) is 9.69 Å². The Labute approximate surface area is 213 Å². The zero-order valence-corrected chi connectivity index (χ0v) is 22.9. The summed E-state index contributed by atoms with van der Waals surface area (Å²) in [5.74, 6) is 0.387. The molecule has 0 saturated carbocycles.